The average Bonchev–Trinajstić information content (AvgIpc) is 3.17. The van der Waals surface area contributed by atoms with Gasteiger partial charge in [0, 0.05) is 5.56 Å². The summed E-state index contributed by atoms with van der Waals surface area (Å²) in [5, 5.41) is 1.84. The summed E-state index contributed by atoms with van der Waals surface area (Å²) in [5.74, 6) is 1.04. The van der Waals surface area contributed by atoms with Crippen LogP contribution in [0.5, 0.6) is 11.5 Å². The van der Waals surface area contributed by atoms with Crippen LogP contribution in [0.4, 0.5) is 5.69 Å². The number of anilines is 1. The molecule has 0 spiro atoms. The molecule has 1 aliphatic heterocycles. The van der Waals surface area contributed by atoms with Crippen LogP contribution in [-0.4, -0.2) is 12.7 Å². The highest BCUT2D eigenvalue weighted by atomic mass is 16.7. The van der Waals surface area contributed by atoms with Gasteiger partial charge in [-0.1, -0.05) is 48.5 Å². The van der Waals surface area contributed by atoms with Crippen molar-refractivity contribution in [3.05, 3.63) is 90.0 Å². The largest absolute Gasteiger partial charge is 0.454 e. The van der Waals surface area contributed by atoms with Gasteiger partial charge in [0.15, 0.2) is 11.5 Å². The van der Waals surface area contributed by atoms with Crippen molar-refractivity contribution in [2.45, 2.75) is 6.54 Å². The van der Waals surface area contributed by atoms with Crippen molar-refractivity contribution in [3.8, 4) is 11.5 Å². The maximum atomic E-state index is 12.8. The fourth-order valence-electron chi connectivity index (χ4n) is 2.79. The number of amides is 1. The first-order valence-corrected chi connectivity index (χ1v) is 8.37. The Morgan fingerprint density at radius 3 is 2.35 bits per heavy atom. The number of nitrogens with zero attached hydrogens (tertiary/aromatic N) is 1. The SMILES string of the molecule is O=C(NN(Cc1ccccc1)c1ccccc1)c1ccc2c(c1)OCO2. The van der Waals surface area contributed by atoms with Crippen molar-refractivity contribution in [1.82, 2.24) is 5.43 Å². The van der Waals surface area contributed by atoms with Crippen molar-refractivity contribution >= 4 is 11.6 Å². The molecule has 0 saturated heterocycles. The van der Waals surface area contributed by atoms with Crippen LogP contribution in [0.15, 0.2) is 78.9 Å². The Hall–Kier alpha value is -3.47. The lowest BCUT2D eigenvalue weighted by atomic mass is 10.2. The van der Waals surface area contributed by atoms with Crippen LogP contribution in [0.2, 0.25) is 0 Å². The summed E-state index contributed by atoms with van der Waals surface area (Å²) < 4.78 is 10.7. The van der Waals surface area contributed by atoms with E-state index in [2.05, 4.69) is 5.43 Å². The summed E-state index contributed by atoms with van der Waals surface area (Å²) in [7, 11) is 0. The maximum absolute atomic E-state index is 12.8. The van der Waals surface area contributed by atoms with Gasteiger partial charge in [-0.3, -0.25) is 15.2 Å². The monoisotopic (exact) mass is 346 g/mol. The molecule has 0 aromatic heterocycles. The van der Waals surface area contributed by atoms with E-state index in [4.69, 9.17) is 9.47 Å². The van der Waals surface area contributed by atoms with Gasteiger partial charge in [-0.2, -0.15) is 0 Å². The van der Waals surface area contributed by atoms with Crippen LogP contribution >= 0.6 is 0 Å². The van der Waals surface area contributed by atoms with Gasteiger partial charge in [-0.25, -0.2) is 0 Å². The number of para-hydroxylation sites is 1. The molecular formula is C21H18N2O3. The van der Waals surface area contributed by atoms with E-state index in [9.17, 15) is 4.79 Å². The van der Waals surface area contributed by atoms with E-state index in [1.54, 1.807) is 18.2 Å². The van der Waals surface area contributed by atoms with E-state index < -0.39 is 0 Å². The van der Waals surface area contributed by atoms with Crippen molar-refractivity contribution in [3.63, 3.8) is 0 Å². The van der Waals surface area contributed by atoms with Gasteiger partial charge < -0.3 is 9.47 Å². The van der Waals surface area contributed by atoms with Crippen molar-refractivity contribution in [2.75, 3.05) is 11.8 Å². The first-order valence-electron chi connectivity index (χ1n) is 8.37. The van der Waals surface area contributed by atoms with Crippen LogP contribution < -0.4 is 19.9 Å². The first-order chi connectivity index (χ1) is 12.8. The standard InChI is InChI=1S/C21H18N2O3/c24-21(17-11-12-19-20(13-17)26-15-25-19)22-23(18-9-5-2-6-10-18)14-16-7-3-1-4-8-16/h1-13H,14-15H2,(H,22,24). The number of ether oxygens (including phenoxy) is 2. The predicted molar refractivity (Wildman–Crippen MR) is 99.1 cm³/mol. The van der Waals surface area contributed by atoms with E-state index in [1.165, 1.54) is 0 Å². The Bertz CT molecular complexity index is 898. The number of benzene rings is 3. The van der Waals surface area contributed by atoms with Gasteiger partial charge in [0.25, 0.3) is 5.91 Å². The first kappa shape index (κ1) is 16.0. The normalized spacial score (nSPS) is 11.8. The molecule has 0 bridgehead atoms. The van der Waals surface area contributed by atoms with Crippen LogP contribution in [0.3, 0.4) is 0 Å². The fraction of sp³-hybridized carbons (Fsp3) is 0.0952. The molecule has 0 saturated carbocycles. The second-order valence-corrected chi connectivity index (χ2v) is 5.92. The quantitative estimate of drug-likeness (QED) is 0.715. The zero-order chi connectivity index (χ0) is 17.8. The number of carbonyl (C=O) groups is 1. The highest BCUT2D eigenvalue weighted by Crippen LogP contribution is 2.32. The van der Waals surface area contributed by atoms with Crippen molar-refractivity contribution in [2.24, 2.45) is 0 Å². The summed E-state index contributed by atoms with van der Waals surface area (Å²) in [5.41, 5.74) is 5.51. The molecule has 1 aliphatic rings. The number of rotatable bonds is 5. The number of carbonyl (C=O) groups excluding carboxylic acids is 1. The lowest BCUT2D eigenvalue weighted by molar-refractivity contribution is 0.0947. The summed E-state index contributed by atoms with van der Waals surface area (Å²) in [6.07, 6.45) is 0. The third-order valence-corrected chi connectivity index (χ3v) is 4.12. The van der Waals surface area contributed by atoms with Gasteiger partial charge in [0.05, 0.1) is 12.2 Å². The van der Waals surface area contributed by atoms with E-state index in [1.807, 2.05) is 65.7 Å². The molecular weight excluding hydrogens is 328 g/mol. The molecule has 0 fully saturated rings. The third kappa shape index (κ3) is 3.47. The molecule has 4 rings (SSSR count). The maximum Gasteiger partial charge on any atom is 0.269 e. The van der Waals surface area contributed by atoms with Gasteiger partial charge >= 0.3 is 0 Å². The molecule has 3 aromatic rings. The topological polar surface area (TPSA) is 50.8 Å². The highest BCUT2D eigenvalue weighted by molar-refractivity contribution is 5.95. The van der Waals surface area contributed by atoms with E-state index in [-0.39, 0.29) is 12.7 Å². The molecule has 5 nitrogen and oxygen atoms in total. The lowest BCUT2D eigenvalue weighted by Crippen LogP contribution is -2.41. The minimum Gasteiger partial charge on any atom is -0.454 e. The number of hydrazine groups is 1. The van der Waals surface area contributed by atoms with E-state index >= 15 is 0 Å². The third-order valence-electron chi connectivity index (χ3n) is 4.12. The Kier molecular flexibility index (Phi) is 4.43. The summed E-state index contributed by atoms with van der Waals surface area (Å²) in [4.78, 5) is 12.8. The highest BCUT2D eigenvalue weighted by Gasteiger charge is 2.18. The Morgan fingerprint density at radius 2 is 1.58 bits per heavy atom. The number of hydrogen-bond donors (Lipinski definition) is 1. The molecule has 0 aliphatic carbocycles. The molecule has 1 amide bonds. The van der Waals surface area contributed by atoms with E-state index in [0.29, 0.717) is 23.6 Å². The zero-order valence-electron chi connectivity index (χ0n) is 14.1. The Balaban J connectivity index is 1.57. The fourth-order valence-corrected chi connectivity index (χ4v) is 2.79. The number of hydrogen-bond acceptors (Lipinski definition) is 4. The molecule has 130 valence electrons. The molecule has 5 heteroatoms. The van der Waals surface area contributed by atoms with E-state index in [0.717, 1.165) is 11.3 Å². The molecule has 1 heterocycles. The summed E-state index contributed by atoms with van der Waals surface area (Å²) in [6, 6.07) is 24.9. The smallest absolute Gasteiger partial charge is 0.269 e. The summed E-state index contributed by atoms with van der Waals surface area (Å²) >= 11 is 0. The van der Waals surface area contributed by atoms with Crippen molar-refractivity contribution in [1.29, 1.82) is 0 Å². The Morgan fingerprint density at radius 1 is 0.885 bits per heavy atom. The van der Waals surface area contributed by atoms with Crippen LogP contribution in [0.1, 0.15) is 15.9 Å². The second kappa shape index (κ2) is 7.19. The van der Waals surface area contributed by atoms with Crippen molar-refractivity contribution < 1.29 is 14.3 Å². The van der Waals surface area contributed by atoms with Crippen LogP contribution in [0.25, 0.3) is 0 Å². The second-order valence-electron chi connectivity index (χ2n) is 5.92. The van der Waals surface area contributed by atoms with Gasteiger partial charge in [0.2, 0.25) is 6.79 Å². The molecule has 1 N–H and O–H groups in total. The lowest BCUT2D eigenvalue weighted by Gasteiger charge is -2.25. The number of nitrogens with one attached hydrogen (secondary N) is 1. The minimum atomic E-state index is -0.205. The molecule has 3 aromatic carbocycles. The van der Waals surface area contributed by atoms with Gasteiger partial charge in [-0.15, -0.1) is 0 Å². The van der Waals surface area contributed by atoms with Gasteiger partial charge in [0.1, 0.15) is 0 Å². The van der Waals surface area contributed by atoms with Gasteiger partial charge in [-0.05, 0) is 35.9 Å². The minimum absolute atomic E-state index is 0.185. The molecule has 0 radical (unpaired) electrons. The Labute approximate surface area is 151 Å². The zero-order valence-corrected chi connectivity index (χ0v) is 14.1. The molecule has 0 atom stereocenters. The average molecular weight is 346 g/mol. The number of fused-ring (bicyclic) bond motifs is 1. The molecule has 0 unspecified atom stereocenters. The molecule has 26 heavy (non-hydrogen) atoms. The summed E-state index contributed by atoms with van der Waals surface area (Å²) in [6.45, 7) is 0.742. The van der Waals surface area contributed by atoms with Crippen LogP contribution in [0, 0.1) is 0 Å². The van der Waals surface area contributed by atoms with Crippen LogP contribution in [-0.2, 0) is 6.54 Å². The predicted octanol–water partition coefficient (Wildman–Crippen LogP) is 3.77.